The van der Waals surface area contributed by atoms with Gasteiger partial charge in [0.1, 0.15) is 28.5 Å². The van der Waals surface area contributed by atoms with Gasteiger partial charge in [0, 0.05) is 18.9 Å². The van der Waals surface area contributed by atoms with Crippen LogP contribution in [0.25, 0.3) is 10.2 Å². The lowest BCUT2D eigenvalue weighted by molar-refractivity contribution is 0.0393. The van der Waals surface area contributed by atoms with Crippen molar-refractivity contribution in [2.24, 2.45) is 0 Å². The van der Waals surface area contributed by atoms with Gasteiger partial charge < -0.3 is 24.3 Å². The van der Waals surface area contributed by atoms with Crippen LogP contribution in [0, 0.1) is 6.92 Å². The first-order valence-electron chi connectivity index (χ1n) is 9.65. The van der Waals surface area contributed by atoms with Crippen molar-refractivity contribution in [3.63, 3.8) is 0 Å². The van der Waals surface area contributed by atoms with Crippen molar-refractivity contribution in [1.29, 1.82) is 0 Å². The molecule has 2 heterocycles. The summed E-state index contributed by atoms with van der Waals surface area (Å²) >= 11 is 1.28. The zero-order valence-electron chi connectivity index (χ0n) is 17.5. The van der Waals surface area contributed by atoms with E-state index in [0.717, 1.165) is 16.6 Å². The van der Waals surface area contributed by atoms with Crippen LogP contribution in [0.3, 0.4) is 0 Å². The minimum Gasteiger partial charge on any atom is -0.490 e. The van der Waals surface area contributed by atoms with Crippen LogP contribution in [0.5, 0.6) is 11.5 Å². The third-order valence-corrected chi connectivity index (χ3v) is 5.42. The summed E-state index contributed by atoms with van der Waals surface area (Å²) in [7, 11) is 1.56. The number of methoxy groups -OCH3 is 1. The number of esters is 1. The van der Waals surface area contributed by atoms with Crippen molar-refractivity contribution in [1.82, 2.24) is 9.97 Å². The number of aryl methyl sites for hydroxylation is 1. The van der Waals surface area contributed by atoms with Crippen molar-refractivity contribution in [3.05, 3.63) is 35.0 Å². The summed E-state index contributed by atoms with van der Waals surface area (Å²) < 4.78 is 21.5. The van der Waals surface area contributed by atoms with Crippen molar-refractivity contribution >= 4 is 39.0 Å². The minimum atomic E-state index is -0.391. The zero-order valence-corrected chi connectivity index (χ0v) is 18.3. The molecule has 0 spiro atoms. The van der Waals surface area contributed by atoms with E-state index in [1.54, 1.807) is 7.11 Å². The van der Waals surface area contributed by atoms with E-state index in [1.807, 2.05) is 39.0 Å². The Labute approximate surface area is 179 Å². The molecule has 0 aliphatic rings. The van der Waals surface area contributed by atoms with Gasteiger partial charge >= 0.3 is 5.97 Å². The lowest BCUT2D eigenvalue weighted by Gasteiger charge is -2.13. The third kappa shape index (κ3) is 4.80. The number of anilines is 2. The van der Waals surface area contributed by atoms with Gasteiger partial charge in [0.25, 0.3) is 0 Å². The largest absolute Gasteiger partial charge is 0.490 e. The van der Waals surface area contributed by atoms with Crippen LogP contribution in [0.2, 0.25) is 0 Å². The van der Waals surface area contributed by atoms with Crippen molar-refractivity contribution < 1.29 is 23.7 Å². The second-order valence-electron chi connectivity index (χ2n) is 6.24. The first-order valence-corrected chi connectivity index (χ1v) is 10.5. The van der Waals surface area contributed by atoms with Gasteiger partial charge in [-0.3, -0.25) is 0 Å². The molecule has 30 heavy (non-hydrogen) atoms. The minimum absolute atomic E-state index is 0.201. The van der Waals surface area contributed by atoms with Crippen molar-refractivity contribution in [2.75, 3.05) is 38.9 Å². The number of hydrogen-bond donors (Lipinski definition) is 1. The number of fused-ring (bicyclic) bond motifs is 1. The van der Waals surface area contributed by atoms with E-state index in [-0.39, 0.29) is 6.61 Å². The third-order valence-electron chi connectivity index (χ3n) is 4.24. The average Bonchev–Trinajstić information content (AvgIpc) is 3.08. The van der Waals surface area contributed by atoms with Crippen LogP contribution < -0.4 is 14.8 Å². The number of ether oxygens (including phenoxy) is 4. The maximum absolute atomic E-state index is 12.4. The molecular weight excluding hydrogens is 406 g/mol. The van der Waals surface area contributed by atoms with E-state index < -0.39 is 5.97 Å². The van der Waals surface area contributed by atoms with Gasteiger partial charge in [0.05, 0.1) is 25.2 Å². The number of benzene rings is 1. The zero-order chi connectivity index (χ0) is 21.5. The van der Waals surface area contributed by atoms with Crippen molar-refractivity contribution in [2.45, 2.75) is 20.8 Å². The van der Waals surface area contributed by atoms with Crippen LogP contribution >= 0.6 is 11.3 Å². The van der Waals surface area contributed by atoms with Gasteiger partial charge in [-0.05, 0) is 38.5 Å². The van der Waals surface area contributed by atoms with Gasteiger partial charge in [-0.2, -0.15) is 0 Å². The van der Waals surface area contributed by atoms with Gasteiger partial charge in [-0.1, -0.05) is 0 Å². The van der Waals surface area contributed by atoms with Crippen LogP contribution in [0.15, 0.2) is 24.5 Å². The van der Waals surface area contributed by atoms with E-state index in [0.29, 0.717) is 46.8 Å². The predicted molar refractivity (Wildman–Crippen MR) is 116 cm³/mol. The average molecular weight is 432 g/mol. The number of nitrogens with one attached hydrogen (secondary N) is 1. The van der Waals surface area contributed by atoms with E-state index in [2.05, 4.69) is 15.3 Å². The molecule has 0 unspecified atom stereocenters. The topological polar surface area (TPSA) is 91.8 Å². The lowest BCUT2D eigenvalue weighted by atomic mass is 10.2. The Morgan fingerprint density at radius 2 is 1.87 bits per heavy atom. The standard InChI is InChI=1S/C21H25N3O5S/c1-5-27-15-8-7-14(11-16(15)28-6-2)24-19-17-13(3)18(21(25)29-10-9-26-4)30-20(17)23-12-22-19/h7-8,11-12H,5-6,9-10H2,1-4H3,(H,22,23,24). The number of hydrogen-bond acceptors (Lipinski definition) is 9. The second-order valence-corrected chi connectivity index (χ2v) is 7.24. The monoisotopic (exact) mass is 431 g/mol. The molecule has 9 heteroatoms. The van der Waals surface area contributed by atoms with E-state index in [9.17, 15) is 4.79 Å². The molecule has 0 saturated carbocycles. The Hall–Kier alpha value is -2.91. The summed E-state index contributed by atoms with van der Waals surface area (Å²) in [5.74, 6) is 1.55. The number of rotatable bonds is 10. The SMILES string of the molecule is CCOc1ccc(Nc2ncnc3sc(C(=O)OCCOC)c(C)c23)cc1OCC. The lowest BCUT2D eigenvalue weighted by Crippen LogP contribution is -2.09. The Bertz CT molecular complexity index is 1020. The van der Waals surface area contributed by atoms with Gasteiger partial charge in [-0.25, -0.2) is 14.8 Å². The fourth-order valence-electron chi connectivity index (χ4n) is 2.91. The fraction of sp³-hybridized carbons (Fsp3) is 0.381. The Morgan fingerprint density at radius 3 is 2.60 bits per heavy atom. The quantitative estimate of drug-likeness (QED) is 0.374. The summed E-state index contributed by atoms with van der Waals surface area (Å²) in [6.45, 7) is 7.34. The number of carbonyl (C=O) groups excluding carboxylic acids is 1. The highest BCUT2D eigenvalue weighted by atomic mass is 32.1. The Morgan fingerprint density at radius 1 is 1.10 bits per heavy atom. The van der Waals surface area contributed by atoms with Gasteiger partial charge in [0.15, 0.2) is 11.5 Å². The van der Waals surface area contributed by atoms with Crippen molar-refractivity contribution in [3.8, 4) is 11.5 Å². The van der Waals surface area contributed by atoms with Gasteiger partial charge in [0.2, 0.25) is 0 Å². The molecule has 160 valence electrons. The first kappa shape index (κ1) is 21.8. The molecule has 1 aromatic carbocycles. The molecule has 0 amide bonds. The van der Waals surface area contributed by atoms with Crippen LogP contribution in [0.1, 0.15) is 29.1 Å². The maximum atomic E-state index is 12.4. The van der Waals surface area contributed by atoms with E-state index in [1.165, 1.54) is 17.7 Å². The molecule has 0 saturated heterocycles. The molecule has 1 N–H and O–H groups in total. The normalized spacial score (nSPS) is 10.8. The molecule has 0 atom stereocenters. The molecule has 0 radical (unpaired) electrons. The second kappa shape index (κ2) is 10.2. The number of aromatic nitrogens is 2. The van der Waals surface area contributed by atoms with Crippen LogP contribution in [0.4, 0.5) is 11.5 Å². The van der Waals surface area contributed by atoms with E-state index >= 15 is 0 Å². The molecule has 3 rings (SSSR count). The van der Waals surface area contributed by atoms with Crippen LogP contribution in [-0.4, -0.2) is 49.5 Å². The summed E-state index contributed by atoms with van der Waals surface area (Å²) in [6.07, 6.45) is 1.47. The number of nitrogens with zero attached hydrogens (tertiary/aromatic N) is 2. The molecule has 0 aliphatic heterocycles. The molecule has 8 nitrogen and oxygen atoms in total. The summed E-state index contributed by atoms with van der Waals surface area (Å²) in [5, 5.41) is 4.09. The molecule has 0 aliphatic carbocycles. The Kier molecular flexibility index (Phi) is 7.42. The highest BCUT2D eigenvalue weighted by Gasteiger charge is 2.20. The molecule has 0 bridgehead atoms. The maximum Gasteiger partial charge on any atom is 0.348 e. The molecule has 2 aromatic heterocycles. The van der Waals surface area contributed by atoms with Gasteiger partial charge in [-0.15, -0.1) is 11.3 Å². The summed E-state index contributed by atoms with van der Waals surface area (Å²) in [5.41, 5.74) is 1.56. The molecule has 3 aromatic rings. The Balaban J connectivity index is 1.91. The highest BCUT2D eigenvalue weighted by Crippen LogP contribution is 2.36. The smallest absolute Gasteiger partial charge is 0.348 e. The fourth-order valence-corrected chi connectivity index (χ4v) is 3.95. The first-order chi connectivity index (χ1) is 14.6. The summed E-state index contributed by atoms with van der Waals surface area (Å²) in [4.78, 5) is 22.3. The van der Waals surface area contributed by atoms with Crippen LogP contribution in [-0.2, 0) is 9.47 Å². The molecule has 0 fully saturated rings. The molecular formula is C21H25N3O5S. The van der Waals surface area contributed by atoms with E-state index in [4.69, 9.17) is 18.9 Å². The highest BCUT2D eigenvalue weighted by molar-refractivity contribution is 7.20. The predicted octanol–water partition coefficient (Wildman–Crippen LogP) is 4.34. The number of carbonyl (C=O) groups is 1. The number of thiophene rings is 1. The summed E-state index contributed by atoms with van der Waals surface area (Å²) in [6, 6.07) is 5.61.